The molecule has 1 saturated carbocycles. The van der Waals surface area contributed by atoms with E-state index in [2.05, 4.69) is 17.2 Å². The first kappa shape index (κ1) is 25.2. The molecule has 188 valence electrons. The minimum atomic E-state index is -4.18. The molecule has 1 aromatic carbocycles. The van der Waals surface area contributed by atoms with Crippen LogP contribution in [-0.4, -0.2) is 31.3 Å². The van der Waals surface area contributed by atoms with E-state index in [1.807, 2.05) is 17.7 Å². The highest BCUT2D eigenvalue weighted by atomic mass is 35.5. The molecule has 4 rings (SSSR count). The number of furan rings is 1. The Balaban J connectivity index is 1.32. The maximum atomic E-state index is 12.6. The summed E-state index contributed by atoms with van der Waals surface area (Å²) >= 11 is 6.03. The largest absolute Gasteiger partial charge is 0.440 e. The molecule has 9 nitrogen and oxygen atoms in total. The summed E-state index contributed by atoms with van der Waals surface area (Å²) in [6.45, 7) is 7.19. The summed E-state index contributed by atoms with van der Waals surface area (Å²) in [5, 5.41) is 2.98. The van der Waals surface area contributed by atoms with Crippen LogP contribution in [0.2, 0.25) is 5.02 Å². The zero-order valence-corrected chi connectivity index (χ0v) is 21.5. The Morgan fingerprint density at radius 3 is 2.57 bits per heavy atom. The molecule has 1 aliphatic carbocycles. The molecular formula is C24H28ClN3O6S. The third-order valence-electron chi connectivity index (χ3n) is 6.20. The van der Waals surface area contributed by atoms with Crippen molar-refractivity contribution in [3.63, 3.8) is 0 Å². The van der Waals surface area contributed by atoms with Crippen LogP contribution in [0.3, 0.4) is 0 Å². The van der Waals surface area contributed by atoms with Gasteiger partial charge in [0.1, 0.15) is 5.52 Å². The molecule has 3 aromatic rings. The topological polar surface area (TPSA) is 132 Å². The molecule has 1 fully saturated rings. The van der Waals surface area contributed by atoms with Gasteiger partial charge >= 0.3 is 0 Å². The van der Waals surface area contributed by atoms with Crippen LogP contribution in [0.5, 0.6) is 0 Å². The fraction of sp³-hybridized carbons (Fsp3) is 0.458. The predicted molar refractivity (Wildman–Crippen MR) is 130 cm³/mol. The van der Waals surface area contributed by atoms with Crippen molar-refractivity contribution in [3.8, 4) is 0 Å². The van der Waals surface area contributed by atoms with Gasteiger partial charge in [-0.15, -0.1) is 0 Å². The minimum absolute atomic E-state index is 0.00550. The lowest BCUT2D eigenvalue weighted by molar-refractivity contribution is -0.122. The smallest absolute Gasteiger partial charge is 0.297 e. The van der Waals surface area contributed by atoms with Gasteiger partial charge in [-0.05, 0) is 61.9 Å². The van der Waals surface area contributed by atoms with Crippen molar-refractivity contribution in [1.82, 2.24) is 15.0 Å². The molecule has 1 atom stereocenters. The van der Waals surface area contributed by atoms with Gasteiger partial charge in [-0.3, -0.25) is 9.59 Å². The van der Waals surface area contributed by atoms with E-state index in [1.54, 1.807) is 26.0 Å². The Kier molecular flexibility index (Phi) is 6.72. The first-order valence-corrected chi connectivity index (χ1v) is 13.2. The van der Waals surface area contributed by atoms with E-state index in [9.17, 15) is 18.0 Å². The summed E-state index contributed by atoms with van der Waals surface area (Å²) in [4.78, 5) is 28.9. The number of nitrogens with zero attached hydrogens (tertiary/aromatic N) is 1. The van der Waals surface area contributed by atoms with E-state index in [1.165, 1.54) is 6.07 Å². The number of sulfonamides is 1. The number of fused-ring (bicyclic) bond motifs is 1. The van der Waals surface area contributed by atoms with Gasteiger partial charge in [0.05, 0.1) is 0 Å². The number of hydrogen-bond acceptors (Lipinski definition) is 7. The molecule has 2 amide bonds. The molecule has 0 saturated heterocycles. The average Bonchev–Trinajstić information content (AvgIpc) is 3.38. The lowest BCUT2D eigenvalue weighted by Gasteiger charge is -2.45. The fourth-order valence-electron chi connectivity index (χ4n) is 4.54. The molecule has 35 heavy (non-hydrogen) atoms. The molecule has 0 bridgehead atoms. The van der Waals surface area contributed by atoms with Crippen molar-refractivity contribution in [1.29, 1.82) is 0 Å². The molecule has 1 aliphatic rings. The van der Waals surface area contributed by atoms with E-state index in [0.29, 0.717) is 16.5 Å². The zero-order valence-electron chi connectivity index (χ0n) is 19.9. The summed E-state index contributed by atoms with van der Waals surface area (Å²) in [6.07, 6.45) is 2.45. The van der Waals surface area contributed by atoms with E-state index >= 15 is 0 Å². The van der Waals surface area contributed by atoms with E-state index < -0.39 is 32.8 Å². The van der Waals surface area contributed by atoms with Gasteiger partial charge in [-0.1, -0.05) is 32.4 Å². The molecule has 11 heteroatoms. The maximum Gasteiger partial charge on any atom is 0.297 e. The normalized spacial score (nSPS) is 21.0. The number of carbonyl (C=O) groups is 2. The molecular weight excluding hydrogens is 494 g/mol. The summed E-state index contributed by atoms with van der Waals surface area (Å²) < 4.78 is 37.6. The quantitative estimate of drug-likeness (QED) is 0.441. The van der Waals surface area contributed by atoms with Gasteiger partial charge in [0, 0.05) is 22.9 Å². The molecule has 0 spiro atoms. The van der Waals surface area contributed by atoms with Crippen molar-refractivity contribution >= 4 is 44.5 Å². The molecule has 0 aliphatic heterocycles. The van der Waals surface area contributed by atoms with Gasteiger partial charge in [-0.25, -0.2) is 9.71 Å². The molecule has 2 N–H and O–H groups in total. The number of amides is 2. The Morgan fingerprint density at radius 2 is 1.89 bits per heavy atom. The predicted octanol–water partition coefficient (Wildman–Crippen LogP) is 4.63. The van der Waals surface area contributed by atoms with Crippen LogP contribution in [0.15, 0.2) is 44.3 Å². The zero-order chi connectivity index (χ0) is 25.5. The summed E-state index contributed by atoms with van der Waals surface area (Å²) in [5.41, 5.74) is 1.45. The number of nitrogens with one attached hydrogen (secondary N) is 2. The lowest BCUT2D eigenvalue weighted by atomic mass is 9.60. The van der Waals surface area contributed by atoms with Crippen molar-refractivity contribution < 1.29 is 26.8 Å². The number of oxazole rings is 1. The van der Waals surface area contributed by atoms with E-state index in [0.717, 1.165) is 30.8 Å². The van der Waals surface area contributed by atoms with Crippen molar-refractivity contribution in [2.24, 2.45) is 11.3 Å². The van der Waals surface area contributed by atoms with E-state index in [4.69, 9.17) is 20.4 Å². The molecule has 2 aromatic heterocycles. The number of halogens is 1. The Bertz CT molecular complexity index is 1370. The van der Waals surface area contributed by atoms with Crippen LogP contribution >= 0.6 is 11.6 Å². The summed E-state index contributed by atoms with van der Waals surface area (Å²) in [7, 11) is -4.18. The second kappa shape index (κ2) is 9.31. The van der Waals surface area contributed by atoms with E-state index in [-0.39, 0.29) is 23.1 Å². The second-order valence-electron chi connectivity index (χ2n) is 9.90. The van der Waals surface area contributed by atoms with Gasteiger partial charge < -0.3 is 14.2 Å². The van der Waals surface area contributed by atoms with Crippen molar-refractivity contribution in [2.45, 2.75) is 64.0 Å². The Hall–Kier alpha value is -2.85. The lowest BCUT2D eigenvalue weighted by Crippen LogP contribution is -2.41. The number of rotatable bonds is 8. The van der Waals surface area contributed by atoms with Crippen molar-refractivity contribution in [3.05, 3.63) is 47.0 Å². The van der Waals surface area contributed by atoms with Gasteiger partial charge in [0.25, 0.3) is 15.9 Å². The highest BCUT2D eigenvalue weighted by Crippen LogP contribution is 2.53. The molecule has 0 unspecified atom stereocenters. The molecule has 0 radical (unpaired) electrons. The third-order valence-corrected chi connectivity index (χ3v) is 7.65. The Labute approximate surface area is 208 Å². The molecule has 2 heterocycles. The fourth-order valence-corrected chi connectivity index (χ4v) is 5.75. The maximum absolute atomic E-state index is 12.6. The minimum Gasteiger partial charge on any atom is -0.440 e. The van der Waals surface area contributed by atoms with Crippen molar-refractivity contribution in [2.75, 3.05) is 0 Å². The number of hydrogen-bond donors (Lipinski definition) is 2. The number of aromatic nitrogens is 1. The van der Waals surface area contributed by atoms with Crippen LogP contribution in [0.1, 0.15) is 69.3 Å². The SMILES string of the molecule is CC(C)C(=O)NS(=O)(=O)c1ccc(C(=O)N[C@@H](C)CC2(C)CC(c3nc4cc(Cl)ccc4o3)C2)o1. The van der Waals surface area contributed by atoms with Gasteiger partial charge in [-0.2, -0.15) is 8.42 Å². The first-order chi connectivity index (χ1) is 16.3. The highest BCUT2D eigenvalue weighted by Gasteiger charge is 2.44. The Morgan fingerprint density at radius 1 is 1.17 bits per heavy atom. The summed E-state index contributed by atoms with van der Waals surface area (Å²) in [5.74, 6) is -0.939. The van der Waals surface area contributed by atoms with Crippen LogP contribution in [0.4, 0.5) is 0 Å². The van der Waals surface area contributed by atoms with Gasteiger partial charge in [0.2, 0.25) is 11.0 Å². The van der Waals surface area contributed by atoms with Crippen LogP contribution in [-0.2, 0) is 14.8 Å². The van der Waals surface area contributed by atoms with Crippen LogP contribution in [0.25, 0.3) is 11.1 Å². The highest BCUT2D eigenvalue weighted by molar-refractivity contribution is 7.89. The number of carbonyl (C=O) groups excluding carboxylic acids is 2. The van der Waals surface area contributed by atoms with Crippen LogP contribution < -0.4 is 10.0 Å². The monoisotopic (exact) mass is 521 g/mol. The van der Waals surface area contributed by atoms with Crippen LogP contribution in [0, 0.1) is 11.3 Å². The standard InChI is InChI=1S/C24H28ClN3O6S/c1-13(2)21(29)28-35(31,32)20-8-7-19(33-20)22(30)26-14(3)10-24(4)11-15(12-24)23-27-17-9-16(25)5-6-18(17)34-23/h5-9,13-15H,10-12H2,1-4H3,(H,26,30)(H,28,29)/t14-,15?,24?/m0/s1. The number of benzene rings is 1. The second-order valence-corrected chi connectivity index (χ2v) is 12.0. The average molecular weight is 522 g/mol. The third kappa shape index (κ3) is 5.54. The van der Waals surface area contributed by atoms with Gasteiger partial charge in [0.15, 0.2) is 17.2 Å². The first-order valence-electron chi connectivity index (χ1n) is 11.4. The summed E-state index contributed by atoms with van der Waals surface area (Å²) in [6, 6.07) is 7.61.